The van der Waals surface area contributed by atoms with Crippen LogP contribution in [0.5, 0.6) is 5.75 Å². The van der Waals surface area contributed by atoms with Crippen LogP contribution in [-0.2, 0) is 4.79 Å². The molecule has 1 heterocycles. The number of carbonyl (C=O) groups is 2. The number of carbonyl (C=O) groups excluding carboxylic acids is 2. The van der Waals surface area contributed by atoms with E-state index in [9.17, 15) is 9.59 Å². The second kappa shape index (κ2) is 7.20. The zero-order valence-corrected chi connectivity index (χ0v) is 15.5. The van der Waals surface area contributed by atoms with E-state index in [2.05, 4.69) is 5.32 Å². The van der Waals surface area contributed by atoms with Gasteiger partial charge in [-0.05, 0) is 43.2 Å². The number of ether oxygens (including phenoxy) is 1. The van der Waals surface area contributed by atoms with Gasteiger partial charge in [0.2, 0.25) is 5.91 Å². The molecular weight excluding hydrogens is 328 g/mol. The van der Waals surface area contributed by atoms with Crippen LogP contribution in [0.25, 0.3) is 0 Å². The molecule has 0 fully saturated rings. The van der Waals surface area contributed by atoms with Crippen LogP contribution in [-0.4, -0.2) is 36.9 Å². The third-order valence-corrected chi connectivity index (χ3v) is 4.75. The summed E-state index contributed by atoms with van der Waals surface area (Å²) < 4.78 is 5.23. The molecule has 0 bridgehead atoms. The van der Waals surface area contributed by atoms with Crippen LogP contribution in [0, 0.1) is 0 Å². The number of nitrogens with zero attached hydrogens (tertiary/aromatic N) is 1. The van der Waals surface area contributed by atoms with Crippen LogP contribution in [0.15, 0.2) is 48.5 Å². The van der Waals surface area contributed by atoms with Gasteiger partial charge in [0.25, 0.3) is 5.91 Å². The molecule has 136 valence electrons. The van der Waals surface area contributed by atoms with E-state index in [1.807, 2.05) is 56.3 Å². The van der Waals surface area contributed by atoms with Gasteiger partial charge >= 0.3 is 0 Å². The molecule has 2 amide bonds. The topological polar surface area (TPSA) is 58.6 Å². The molecule has 3 rings (SSSR count). The van der Waals surface area contributed by atoms with E-state index in [1.165, 1.54) is 0 Å². The number of methoxy groups -OCH3 is 1. The van der Waals surface area contributed by atoms with Gasteiger partial charge in [-0.1, -0.05) is 30.3 Å². The average Bonchev–Trinajstić information content (AvgIpc) is 2.64. The van der Waals surface area contributed by atoms with E-state index in [4.69, 9.17) is 4.74 Å². The van der Waals surface area contributed by atoms with Crippen LogP contribution in [0.1, 0.15) is 47.3 Å². The lowest BCUT2D eigenvalue weighted by Crippen LogP contribution is -2.46. The van der Waals surface area contributed by atoms with E-state index >= 15 is 0 Å². The molecule has 0 saturated heterocycles. The number of benzene rings is 2. The lowest BCUT2D eigenvalue weighted by Gasteiger charge is -2.40. The summed E-state index contributed by atoms with van der Waals surface area (Å²) in [6.45, 7) is 3.87. The second-order valence-corrected chi connectivity index (χ2v) is 6.86. The molecule has 0 aromatic heterocycles. The standard InChI is InChI=1S/C21H24N2O3/c1-13(2)22-20(24)18-16-7-5-6-8-17(16)21(25)23(3)19(18)14-9-11-15(26-4)12-10-14/h5-13,18-19H,1-4H3,(H,22,24)/t18-,19-/m0/s1. The number of fused-ring (bicyclic) bond motifs is 1. The van der Waals surface area contributed by atoms with Gasteiger partial charge < -0.3 is 15.0 Å². The zero-order valence-electron chi connectivity index (χ0n) is 15.5. The van der Waals surface area contributed by atoms with Crippen molar-refractivity contribution < 1.29 is 14.3 Å². The Balaban J connectivity index is 2.12. The van der Waals surface area contributed by atoms with Gasteiger partial charge in [-0.25, -0.2) is 0 Å². The van der Waals surface area contributed by atoms with Gasteiger partial charge in [0, 0.05) is 18.7 Å². The van der Waals surface area contributed by atoms with Gasteiger partial charge in [-0.3, -0.25) is 9.59 Å². The van der Waals surface area contributed by atoms with E-state index in [0.717, 1.165) is 16.9 Å². The van der Waals surface area contributed by atoms with Crippen molar-refractivity contribution in [2.24, 2.45) is 0 Å². The number of nitrogens with one attached hydrogen (secondary N) is 1. The maximum Gasteiger partial charge on any atom is 0.254 e. The third-order valence-electron chi connectivity index (χ3n) is 4.75. The summed E-state index contributed by atoms with van der Waals surface area (Å²) in [6.07, 6.45) is 0. The van der Waals surface area contributed by atoms with Crippen molar-refractivity contribution in [3.05, 3.63) is 65.2 Å². The first-order valence-corrected chi connectivity index (χ1v) is 8.74. The number of hydrogen-bond acceptors (Lipinski definition) is 3. The average molecular weight is 352 g/mol. The number of likely N-dealkylation sites (N-methyl/N-ethyl adjacent to an activating group) is 1. The lowest BCUT2D eigenvalue weighted by atomic mass is 9.79. The smallest absolute Gasteiger partial charge is 0.254 e. The Morgan fingerprint density at radius 1 is 1.12 bits per heavy atom. The molecule has 0 spiro atoms. The molecule has 5 nitrogen and oxygen atoms in total. The first-order valence-electron chi connectivity index (χ1n) is 8.74. The highest BCUT2D eigenvalue weighted by molar-refractivity contribution is 6.01. The molecular formula is C21H24N2O3. The minimum absolute atomic E-state index is 0.0223. The summed E-state index contributed by atoms with van der Waals surface area (Å²) >= 11 is 0. The van der Waals surface area contributed by atoms with Crippen molar-refractivity contribution in [3.63, 3.8) is 0 Å². The van der Waals surface area contributed by atoms with Crippen LogP contribution < -0.4 is 10.1 Å². The zero-order chi connectivity index (χ0) is 18.8. The minimum atomic E-state index is -0.468. The van der Waals surface area contributed by atoms with Gasteiger partial charge in [0.1, 0.15) is 5.75 Å². The Kier molecular flexibility index (Phi) is 4.98. The van der Waals surface area contributed by atoms with E-state index in [0.29, 0.717) is 5.56 Å². The molecule has 5 heteroatoms. The number of amides is 2. The summed E-state index contributed by atoms with van der Waals surface area (Å²) in [5, 5.41) is 3.01. The van der Waals surface area contributed by atoms with Crippen molar-refractivity contribution in [3.8, 4) is 5.75 Å². The molecule has 0 unspecified atom stereocenters. The summed E-state index contributed by atoms with van der Waals surface area (Å²) in [6, 6.07) is 14.5. The van der Waals surface area contributed by atoms with Gasteiger partial charge in [-0.2, -0.15) is 0 Å². The maximum atomic E-state index is 13.1. The van der Waals surface area contributed by atoms with Crippen molar-refractivity contribution in [2.45, 2.75) is 31.8 Å². The highest BCUT2D eigenvalue weighted by Crippen LogP contribution is 2.42. The number of rotatable bonds is 4. The Labute approximate surface area is 154 Å². The van der Waals surface area contributed by atoms with Crippen molar-refractivity contribution in [1.29, 1.82) is 0 Å². The highest BCUT2D eigenvalue weighted by Gasteiger charge is 2.42. The normalized spacial score (nSPS) is 19.3. The predicted octanol–water partition coefficient (Wildman–Crippen LogP) is 3.13. The molecule has 0 saturated carbocycles. The van der Waals surface area contributed by atoms with Crippen LogP contribution in [0.4, 0.5) is 0 Å². The first-order chi connectivity index (χ1) is 12.4. The fraction of sp³-hybridized carbons (Fsp3) is 0.333. The summed E-state index contributed by atoms with van der Waals surface area (Å²) in [5.41, 5.74) is 2.26. The summed E-state index contributed by atoms with van der Waals surface area (Å²) in [5.74, 6) is 0.120. The fourth-order valence-corrected chi connectivity index (χ4v) is 3.55. The van der Waals surface area contributed by atoms with Crippen molar-refractivity contribution in [2.75, 3.05) is 14.2 Å². The molecule has 0 aliphatic carbocycles. The minimum Gasteiger partial charge on any atom is -0.497 e. The van der Waals surface area contributed by atoms with E-state index in [1.54, 1.807) is 25.1 Å². The monoisotopic (exact) mass is 352 g/mol. The summed E-state index contributed by atoms with van der Waals surface area (Å²) in [7, 11) is 3.36. The molecule has 1 N–H and O–H groups in total. The largest absolute Gasteiger partial charge is 0.497 e. The maximum absolute atomic E-state index is 13.1. The Morgan fingerprint density at radius 2 is 1.77 bits per heavy atom. The van der Waals surface area contributed by atoms with Crippen molar-refractivity contribution >= 4 is 11.8 Å². The Bertz CT molecular complexity index is 814. The van der Waals surface area contributed by atoms with E-state index in [-0.39, 0.29) is 23.9 Å². The molecule has 1 aliphatic heterocycles. The van der Waals surface area contributed by atoms with Crippen LogP contribution in [0.2, 0.25) is 0 Å². The van der Waals surface area contributed by atoms with E-state index < -0.39 is 5.92 Å². The Morgan fingerprint density at radius 3 is 2.38 bits per heavy atom. The molecule has 2 aromatic carbocycles. The quantitative estimate of drug-likeness (QED) is 0.920. The van der Waals surface area contributed by atoms with Gasteiger partial charge in [0.15, 0.2) is 0 Å². The Hall–Kier alpha value is -2.82. The highest BCUT2D eigenvalue weighted by atomic mass is 16.5. The summed E-state index contributed by atoms with van der Waals surface area (Å²) in [4.78, 5) is 27.6. The van der Waals surface area contributed by atoms with Crippen LogP contribution >= 0.6 is 0 Å². The van der Waals surface area contributed by atoms with Crippen LogP contribution in [0.3, 0.4) is 0 Å². The second-order valence-electron chi connectivity index (χ2n) is 6.86. The molecule has 2 atom stereocenters. The fourth-order valence-electron chi connectivity index (χ4n) is 3.55. The van der Waals surface area contributed by atoms with Crippen molar-refractivity contribution in [1.82, 2.24) is 10.2 Å². The molecule has 1 aliphatic rings. The molecule has 0 radical (unpaired) electrons. The number of hydrogen-bond donors (Lipinski definition) is 1. The third kappa shape index (κ3) is 3.17. The SMILES string of the molecule is COc1ccc([C@H]2[C@@H](C(=O)NC(C)C)c3ccccc3C(=O)N2C)cc1. The van der Waals surface area contributed by atoms with Gasteiger partial charge in [0.05, 0.1) is 19.1 Å². The molecule has 2 aromatic rings. The first kappa shape index (κ1) is 18.0. The lowest BCUT2D eigenvalue weighted by molar-refractivity contribution is -0.124. The molecule has 26 heavy (non-hydrogen) atoms. The van der Waals surface area contributed by atoms with Gasteiger partial charge in [-0.15, -0.1) is 0 Å². The predicted molar refractivity (Wildman–Crippen MR) is 100 cm³/mol.